The maximum Gasteiger partial charge on any atom is 0.331 e. The first-order valence-electron chi connectivity index (χ1n) is 5.83. The van der Waals surface area contributed by atoms with Crippen LogP contribution in [0.25, 0.3) is 0 Å². The van der Waals surface area contributed by atoms with Gasteiger partial charge in [-0.2, -0.15) is 0 Å². The van der Waals surface area contributed by atoms with E-state index < -0.39 is 23.4 Å². The number of ketones is 1. The number of aromatic amines is 1. The minimum Gasteiger partial charge on any atom is -0.464 e. The Hall–Kier alpha value is -1.66. The summed E-state index contributed by atoms with van der Waals surface area (Å²) >= 11 is 5.65. The van der Waals surface area contributed by atoms with Crippen molar-refractivity contribution in [1.82, 2.24) is 10.3 Å². The van der Waals surface area contributed by atoms with Crippen LogP contribution >= 0.6 is 11.6 Å². The molecule has 1 atom stereocenters. The highest BCUT2D eigenvalue weighted by molar-refractivity contribution is 6.30. The van der Waals surface area contributed by atoms with Crippen LogP contribution in [0.1, 0.15) is 24.2 Å². The average molecular weight is 287 g/mol. The summed E-state index contributed by atoms with van der Waals surface area (Å²) in [6, 6.07) is 0.124. The number of Topliss-reactive ketones (excluding diaryl/α,β-unsaturated/α-hetero) is 1. The van der Waals surface area contributed by atoms with Crippen molar-refractivity contribution in [2.24, 2.45) is 0 Å². The molecule has 2 N–H and O–H groups in total. The second kappa shape index (κ2) is 7.06. The van der Waals surface area contributed by atoms with Crippen LogP contribution in [0.15, 0.2) is 17.1 Å². The van der Waals surface area contributed by atoms with Crippen molar-refractivity contribution >= 4 is 23.4 Å². The molecule has 0 saturated carbocycles. The summed E-state index contributed by atoms with van der Waals surface area (Å²) < 4.78 is 4.83. The molecule has 1 rings (SSSR count). The van der Waals surface area contributed by atoms with Gasteiger partial charge in [0.2, 0.25) is 0 Å². The number of hydrogen-bond donors (Lipinski definition) is 2. The van der Waals surface area contributed by atoms with Crippen molar-refractivity contribution in [2.45, 2.75) is 19.9 Å². The molecule has 19 heavy (non-hydrogen) atoms. The van der Waals surface area contributed by atoms with E-state index in [0.29, 0.717) is 6.54 Å². The van der Waals surface area contributed by atoms with E-state index in [1.165, 1.54) is 12.3 Å². The number of aromatic nitrogens is 1. The molecule has 0 radical (unpaired) electrons. The van der Waals surface area contributed by atoms with E-state index in [-0.39, 0.29) is 17.2 Å². The number of H-pyrrole nitrogens is 1. The van der Waals surface area contributed by atoms with Crippen LogP contribution in [-0.2, 0) is 9.53 Å². The van der Waals surface area contributed by atoms with Crippen molar-refractivity contribution in [1.29, 1.82) is 0 Å². The van der Waals surface area contributed by atoms with E-state index in [0.717, 1.165) is 0 Å². The van der Waals surface area contributed by atoms with Crippen molar-refractivity contribution in [2.75, 3.05) is 13.2 Å². The second-order valence-corrected chi connectivity index (χ2v) is 4.08. The molecule has 1 aromatic heterocycles. The minimum absolute atomic E-state index is 0.107. The Labute approximate surface area is 115 Å². The lowest BCUT2D eigenvalue weighted by molar-refractivity contribution is -0.144. The molecule has 7 heteroatoms. The van der Waals surface area contributed by atoms with Crippen LogP contribution < -0.4 is 10.9 Å². The van der Waals surface area contributed by atoms with Crippen LogP contribution in [0.4, 0.5) is 0 Å². The lowest BCUT2D eigenvalue weighted by Crippen LogP contribution is -2.44. The average Bonchev–Trinajstić information content (AvgIpc) is 2.38. The lowest BCUT2D eigenvalue weighted by Gasteiger charge is -2.15. The highest BCUT2D eigenvalue weighted by atomic mass is 35.5. The van der Waals surface area contributed by atoms with Crippen LogP contribution in [0.5, 0.6) is 0 Å². The van der Waals surface area contributed by atoms with E-state index in [1.54, 1.807) is 13.8 Å². The van der Waals surface area contributed by atoms with E-state index in [2.05, 4.69) is 10.3 Å². The van der Waals surface area contributed by atoms with E-state index >= 15 is 0 Å². The molecular formula is C12H15ClN2O4. The molecule has 6 nitrogen and oxygen atoms in total. The summed E-state index contributed by atoms with van der Waals surface area (Å²) in [5.74, 6) is -1.16. The van der Waals surface area contributed by atoms with E-state index in [9.17, 15) is 14.4 Å². The van der Waals surface area contributed by atoms with Crippen LogP contribution in [0, 0.1) is 0 Å². The molecule has 0 aliphatic rings. The smallest absolute Gasteiger partial charge is 0.331 e. The van der Waals surface area contributed by atoms with Gasteiger partial charge in [-0.3, -0.25) is 14.9 Å². The molecule has 0 aliphatic heterocycles. The number of carbonyl (C=O) groups excluding carboxylic acids is 2. The number of nitrogens with one attached hydrogen (secondary N) is 2. The van der Waals surface area contributed by atoms with Gasteiger partial charge in [-0.05, 0) is 19.5 Å². The molecule has 0 bridgehead atoms. The summed E-state index contributed by atoms with van der Waals surface area (Å²) in [4.78, 5) is 37.3. The molecule has 1 unspecified atom stereocenters. The third-order valence-corrected chi connectivity index (χ3v) is 2.62. The summed E-state index contributed by atoms with van der Waals surface area (Å²) in [6.45, 7) is 4.02. The summed E-state index contributed by atoms with van der Waals surface area (Å²) in [6.07, 6.45) is 1.22. The quantitative estimate of drug-likeness (QED) is 0.458. The van der Waals surface area contributed by atoms with Gasteiger partial charge in [-0.1, -0.05) is 18.5 Å². The monoisotopic (exact) mass is 286 g/mol. The predicted molar refractivity (Wildman–Crippen MR) is 70.5 cm³/mol. The lowest BCUT2D eigenvalue weighted by atomic mass is 10.1. The van der Waals surface area contributed by atoms with E-state index in [4.69, 9.17) is 16.3 Å². The van der Waals surface area contributed by atoms with Gasteiger partial charge in [0.1, 0.15) is 5.02 Å². The fraction of sp³-hybridized carbons (Fsp3) is 0.417. The van der Waals surface area contributed by atoms with Gasteiger partial charge in [0, 0.05) is 11.8 Å². The largest absolute Gasteiger partial charge is 0.464 e. The zero-order valence-electron chi connectivity index (χ0n) is 10.7. The number of esters is 1. The van der Waals surface area contributed by atoms with Gasteiger partial charge >= 0.3 is 5.97 Å². The first kappa shape index (κ1) is 15.4. The maximum absolute atomic E-state index is 12.2. The van der Waals surface area contributed by atoms with Gasteiger partial charge in [0.25, 0.3) is 5.56 Å². The Balaban J connectivity index is 3.01. The van der Waals surface area contributed by atoms with Crippen LogP contribution in [-0.4, -0.2) is 35.9 Å². The normalized spacial score (nSPS) is 11.9. The zero-order chi connectivity index (χ0) is 14.4. The molecular weight excluding hydrogens is 272 g/mol. The molecule has 0 aliphatic carbocycles. The van der Waals surface area contributed by atoms with Crippen LogP contribution in [0.3, 0.4) is 0 Å². The number of likely N-dealkylation sites (N-methyl/N-ethyl adjacent to an activating group) is 1. The molecule has 1 aromatic rings. The van der Waals surface area contributed by atoms with Gasteiger partial charge < -0.3 is 9.72 Å². The maximum atomic E-state index is 12.2. The molecule has 1 heterocycles. The minimum atomic E-state index is -1.10. The Bertz CT molecular complexity index is 527. The third kappa shape index (κ3) is 3.90. The molecule has 0 spiro atoms. The molecule has 0 aromatic carbocycles. The molecule has 0 saturated heterocycles. The SMILES string of the molecule is CCNC(C(=O)OCC)C(=O)c1c[nH]c(=O)c(Cl)c1. The van der Waals surface area contributed by atoms with E-state index in [1.807, 2.05) is 0 Å². The predicted octanol–water partition coefficient (Wildman–Crippen LogP) is 0.752. The van der Waals surface area contributed by atoms with Crippen molar-refractivity contribution in [3.63, 3.8) is 0 Å². The number of rotatable bonds is 6. The first-order valence-corrected chi connectivity index (χ1v) is 6.21. The highest BCUT2D eigenvalue weighted by Gasteiger charge is 2.28. The Kier molecular flexibility index (Phi) is 5.72. The van der Waals surface area contributed by atoms with Crippen molar-refractivity contribution < 1.29 is 14.3 Å². The number of pyridine rings is 1. The molecule has 0 amide bonds. The molecule has 104 valence electrons. The Morgan fingerprint density at radius 1 is 1.47 bits per heavy atom. The Morgan fingerprint density at radius 3 is 2.68 bits per heavy atom. The van der Waals surface area contributed by atoms with Crippen molar-refractivity contribution in [3.05, 3.63) is 33.2 Å². The second-order valence-electron chi connectivity index (χ2n) is 3.67. The van der Waals surface area contributed by atoms with Gasteiger partial charge in [0.05, 0.1) is 6.61 Å². The summed E-state index contributed by atoms with van der Waals surface area (Å²) in [5.41, 5.74) is -0.349. The summed E-state index contributed by atoms with van der Waals surface area (Å²) in [5, 5.41) is 2.63. The zero-order valence-corrected chi connectivity index (χ0v) is 11.4. The Morgan fingerprint density at radius 2 is 2.16 bits per heavy atom. The number of carbonyl (C=O) groups is 2. The fourth-order valence-corrected chi connectivity index (χ4v) is 1.65. The topological polar surface area (TPSA) is 88.3 Å². The van der Waals surface area contributed by atoms with Crippen molar-refractivity contribution in [3.8, 4) is 0 Å². The van der Waals surface area contributed by atoms with Gasteiger partial charge in [-0.25, -0.2) is 4.79 Å². The van der Waals surface area contributed by atoms with Crippen LogP contribution in [0.2, 0.25) is 5.02 Å². The fourth-order valence-electron chi connectivity index (χ4n) is 1.48. The number of halogens is 1. The molecule has 0 fully saturated rings. The number of hydrogen-bond acceptors (Lipinski definition) is 5. The number of ether oxygens (including phenoxy) is 1. The third-order valence-electron chi connectivity index (χ3n) is 2.34. The van der Waals surface area contributed by atoms with Gasteiger partial charge in [0.15, 0.2) is 11.8 Å². The standard InChI is InChI=1S/C12H15ClN2O4/c1-3-14-9(12(18)19-4-2)10(16)7-5-8(13)11(17)15-6-7/h5-6,9,14H,3-4H2,1-2H3,(H,15,17). The summed E-state index contributed by atoms with van der Waals surface area (Å²) in [7, 11) is 0. The first-order chi connectivity index (χ1) is 9.01. The highest BCUT2D eigenvalue weighted by Crippen LogP contribution is 2.08. The van der Waals surface area contributed by atoms with Gasteiger partial charge in [-0.15, -0.1) is 0 Å².